The summed E-state index contributed by atoms with van der Waals surface area (Å²) in [6.45, 7) is 7.71. The molecule has 3 amide bonds. The first kappa shape index (κ1) is 23.7. The fourth-order valence-electron chi connectivity index (χ4n) is 3.43. The highest BCUT2D eigenvalue weighted by molar-refractivity contribution is 7.92. The molecular weight excluding hydrogens is 413 g/mol. The summed E-state index contributed by atoms with van der Waals surface area (Å²) < 4.78 is 40.4. The van der Waals surface area contributed by atoms with Gasteiger partial charge in [0.05, 0.1) is 6.04 Å². The second-order valence-corrected chi connectivity index (χ2v) is 9.45. The van der Waals surface area contributed by atoms with Gasteiger partial charge < -0.3 is 15.3 Å². The lowest BCUT2D eigenvalue weighted by molar-refractivity contribution is 0.147. The molecule has 1 saturated heterocycles. The van der Waals surface area contributed by atoms with Gasteiger partial charge in [-0.25, -0.2) is 27.1 Å². The summed E-state index contributed by atoms with van der Waals surface area (Å²) in [5, 5.41) is 12.5. The lowest BCUT2D eigenvalue weighted by atomic mass is 9.92. The van der Waals surface area contributed by atoms with Crippen molar-refractivity contribution in [2.24, 2.45) is 0 Å². The van der Waals surface area contributed by atoms with Gasteiger partial charge in [0.15, 0.2) is 0 Å². The topological polar surface area (TPSA) is 116 Å². The molecule has 0 unspecified atom stereocenters. The molecule has 0 radical (unpaired) electrons. The largest absolute Gasteiger partial charge is 0.465 e. The summed E-state index contributed by atoms with van der Waals surface area (Å²) in [5.41, 5.74) is 1.50. The van der Waals surface area contributed by atoms with Gasteiger partial charge in [-0.1, -0.05) is 27.7 Å². The summed E-state index contributed by atoms with van der Waals surface area (Å²) >= 11 is 0. The Balaban J connectivity index is 2.19. The van der Waals surface area contributed by atoms with Crippen LogP contribution in [0.2, 0.25) is 0 Å². The summed E-state index contributed by atoms with van der Waals surface area (Å²) in [7, 11) is -4.15. The van der Waals surface area contributed by atoms with E-state index in [9.17, 15) is 22.4 Å². The maximum absolute atomic E-state index is 14.0. The zero-order valence-corrected chi connectivity index (χ0v) is 18.3. The minimum Gasteiger partial charge on any atom is -0.465 e. The highest BCUT2D eigenvalue weighted by atomic mass is 32.2. The van der Waals surface area contributed by atoms with E-state index < -0.39 is 34.0 Å². The van der Waals surface area contributed by atoms with Gasteiger partial charge in [-0.15, -0.1) is 0 Å². The second kappa shape index (κ2) is 9.46. The molecule has 0 aromatic heterocycles. The zero-order valence-electron chi connectivity index (χ0n) is 17.5. The lowest BCUT2D eigenvalue weighted by Crippen LogP contribution is -2.35. The van der Waals surface area contributed by atoms with Crippen LogP contribution in [0.5, 0.6) is 0 Å². The highest BCUT2D eigenvalue weighted by Crippen LogP contribution is 2.33. The number of rotatable bonds is 6. The number of likely N-dealkylation sites (tertiary alicyclic amines) is 1. The summed E-state index contributed by atoms with van der Waals surface area (Å²) in [4.78, 5) is 24.7. The number of carbonyl (C=O) groups excluding carboxylic acids is 1. The van der Waals surface area contributed by atoms with E-state index in [1.54, 1.807) is 0 Å². The number of anilines is 1. The molecule has 1 fully saturated rings. The van der Waals surface area contributed by atoms with Crippen LogP contribution in [-0.2, 0) is 10.0 Å². The molecule has 8 nitrogen and oxygen atoms in total. The minimum atomic E-state index is -4.15. The molecule has 30 heavy (non-hydrogen) atoms. The predicted molar refractivity (Wildman–Crippen MR) is 113 cm³/mol. The SMILES string of the molecule is CC(C)c1cc(F)cc(C(C)C)c1NC(=O)NS(=O)(=O)/C=C/[C@@H]1CCCN1C(=O)O. The number of amides is 3. The van der Waals surface area contributed by atoms with Crippen molar-refractivity contribution in [2.75, 3.05) is 11.9 Å². The van der Waals surface area contributed by atoms with E-state index >= 15 is 0 Å². The molecule has 0 bridgehead atoms. The van der Waals surface area contributed by atoms with Crippen LogP contribution in [0.15, 0.2) is 23.6 Å². The molecule has 0 spiro atoms. The molecule has 1 atom stereocenters. The van der Waals surface area contributed by atoms with E-state index in [1.165, 1.54) is 18.2 Å². The van der Waals surface area contributed by atoms with Gasteiger partial charge in [-0.3, -0.25) is 0 Å². The van der Waals surface area contributed by atoms with E-state index in [-0.39, 0.29) is 11.8 Å². The van der Waals surface area contributed by atoms with E-state index in [0.717, 1.165) is 10.3 Å². The van der Waals surface area contributed by atoms with Crippen molar-refractivity contribution in [3.8, 4) is 0 Å². The number of carboxylic acid groups (broad SMARTS) is 1. The van der Waals surface area contributed by atoms with Crippen LogP contribution in [0.3, 0.4) is 0 Å². The van der Waals surface area contributed by atoms with E-state index in [1.807, 2.05) is 32.4 Å². The maximum atomic E-state index is 14.0. The third-order valence-corrected chi connectivity index (χ3v) is 5.89. The van der Waals surface area contributed by atoms with Crippen LogP contribution < -0.4 is 10.0 Å². The number of urea groups is 1. The van der Waals surface area contributed by atoms with Gasteiger partial charge in [0.1, 0.15) is 5.82 Å². The third-order valence-electron chi connectivity index (χ3n) is 4.91. The Labute approximate surface area is 176 Å². The standard InChI is InChI=1S/C20H28FN3O5S/c1-12(2)16-10-14(21)11-17(13(3)4)18(16)22-19(25)23-30(28,29)9-7-15-6-5-8-24(15)20(26)27/h7,9-13,15H,5-6,8H2,1-4H3,(H,26,27)(H2,22,23,25)/b9-7+/t15-/m0/s1. The van der Waals surface area contributed by atoms with Crippen molar-refractivity contribution in [2.45, 2.75) is 58.4 Å². The van der Waals surface area contributed by atoms with Crippen LogP contribution >= 0.6 is 0 Å². The van der Waals surface area contributed by atoms with E-state index in [4.69, 9.17) is 5.11 Å². The number of nitrogens with zero attached hydrogens (tertiary/aromatic N) is 1. The van der Waals surface area contributed by atoms with Gasteiger partial charge in [0, 0.05) is 17.6 Å². The Morgan fingerprint density at radius 1 is 1.20 bits per heavy atom. The minimum absolute atomic E-state index is 0.102. The van der Waals surface area contributed by atoms with Crippen LogP contribution in [0.1, 0.15) is 63.5 Å². The number of sulfonamides is 1. The quantitative estimate of drug-likeness (QED) is 0.612. The van der Waals surface area contributed by atoms with Crippen LogP contribution in [0.4, 0.5) is 19.7 Å². The Hall–Kier alpha value is -2.62. The zero-order chi connectivity index (χ0) is 22.6. The number of carbonyl (C=O) groups is 2. The van der Waals surface area contributed by atoms with Gasteiger partial charge in [-0.05, 0) is 54.0 Å². The molecule has 166 valence electrons. The monoisotopic (exact) mass is 441 g/mol. The molecule has 1 aromatic carbocycles. The molecule has 2 rings (SSSR count). The molecule has 1 aliphatic rings. The average molecular weight is 442 g/mol. The first-order valence-electron chi connectivity index (χ1n) is 9.76. The number of nitrogens with one attached hydrogen (secondary N) is 2. The Kier molecular flexibility index (Phi) is 7.46. The maximum Gasteiger partial charge on any atom is 0.407 e. The van der Waals surface area contributed by atoms with Crippen molar-refractivity contribution in [3.63, 3.8) is 0 Å². The van der Waals surface area contributed by atoms with Gasteiger partial charge in [-0.2, -0.15) is 0 Å². The molecule has 0 saturated carbocycles. The lowest BCUT2D eigenvalue weighted by Gasteiger charge is -2.20. The number of hydrogen-bond donors (Lipinski definition) is 3. The van der Waals surface area contributed by atoms with Crippen molar-refractivity contribution < 1.29 is 27.5 Å². The fourth-order valence-corrected chi connectivity index (χ4v) is 4.20. The highest BCUT2D eigenvalue weighted by Gasteiger charge is 2.27. The molecular formula is C20H28FN3O5S. The summed E-state index contributed by atoms with van der Waals surface area (Å²) in [5.74, 6) is -0.632. The van der Waals surface area contributed by atoms with Crippen LogP contribution in [-0.4, -0.2) is 43.1 Å². The van der Waals surface area contributed by atoms with Crippen LogP contribution in [0.25, 0.3) is 0 Å². The molecule has 0 aliphatic carbocycles. The van der Waals surface area contributed by atoms with Gasteiger partial charge >= 0.3 is 12.1 Å². The first-order chi connectivity index (χ1) is 13.9. The first-order valence-corrected chi connectivity index (χ1v) is 11.3. The van der Waals surface area contributed by atoms with Crippen molar-refractivity contribution >= 4 is 27.8 Å². The fraction of sp³-hybridized carbons (Fsp3) is 0.500. The van der Waals surface area contributed by atoms with Crippen molar-refractivity contribution in [1.29, 1.82) is 0 Å². The Morgan fingerprint density at radius 2 is 1.77 bits per heavy atom. The predicted octanol–water partition coefficient (Wildman–Crippen LogP) is 4.18. The van der Waals surface area contributed by atoms with Gasteiger partial charge in [0.2, 0.25) is 0 Å². The number of benzene rings is 1. The van der Waals surface area contributed by atoms with Gasteiger partial charge in [0.25, 0.3) is 10.0 Å². The Morgan fingerprint density at radius 3 is 2.27 bits per heavy atom. The number of hydrogen-bond acceptors (Lipinski definition) is 4. The molecule has 1 heterocycles. The van der Waals surface area contributed by atoms with Crippen molar-refractivity contribution in [1.82, 2.24) is 9.62 Å². The smallest absolute Gasteiger partial charge is 0.407 e. The Bertz CT molecular complexity index is 915. The van der Waals surface area contributed by atoms with E-state index in [0.29, 0.717) is 36.2 Å². The van der Waals surface area contributed by atoms with E-state index in [2.05, 4.69) is 5.32 Å². The average Bonchev–Trinajstić information content (AvgIpc) is 3.09. The second-order valence-electron chi connectivity index (χ2n) is 7.88. The number of halogens is 1. The molecule has 3 N–H and O–H groups in total. The molecule has 1 aromatic rings. The normalized spacial score (nSPS) is 17.2. The molecule has 10 heteroatoms. The van der Waals surface area contributed by atoms with Crippen LogP contribution in [0, 0.1) is 5.82 Å². The molecule has 1 aliphatic heterocycles. The summed E-state index contributed by atoms with van der Waals surface area (Å²) in [6.07, 6.45) is 1.28. The summed E-state index contributed by atoms with van der Waals surface area (Å²) in [6, 6.07) is 1.11. The third kappa shape index (κ3) is 5.94. The van der Waals surface area contributed by atoms with Crippen molar-refractivity contribution in [3.05, 3.63) is 40.6 Å².